The lowest BCUT2D eigenvalue weighted by molar-refractivity contribution is -0.145. The summed E-state index contributed by atoms with van der Waals surface area (Å²) in [7, 11) is 1.15. The predicted molar refractivity (Wildman–Crippen MR) is 79.2 cm³/mol. The van der Waals surface area contributed by atoms with Gasteiger partial charge < -0.3 is 20.9 Å². The van der Waals surface area contributed by atoms with Crippen LogP contribution in [0.3, 0.4) is 0 Å². The number of halogens is 1. The monoisotopic (exact) mass is 329 g/mol. The third kappa shape index (κ3) is 5.01. The van der Waals surface area contributed by atoms with E-state index in [2.05, 4.69) is 10.1 Å². The predicted octanol–water partition coefficient (Wildman–Crippen LogP) is 0.426. The Balaban J connectivity index is 2.85. The second-order valence-electron chi connectivity index (χ2n) is 4.48. The van der Waals surface area contributed by atoms with Crippen molar-refractivity contribution >= 4 is 29.4 Å². The maximum absolute atomic E-state index is 11.9. The summed E-state index contributed by atoms with van der Waals surface area (Å²) < 4.78 is 11.5. The second kappa shape index (κ2) is 8.35. The van der Waals surface area contributed by atoms with Crippen LogP contribution in [0.15, 0.2) is 30.3 Å². The Hall–Kier alpha value is -2.12. The Morgan fingerprint density at radius 3 is 2.55 bits per heavy atom. The van der Waals surface area contributed by atoms with E-state index in [4.69, 9.17) is 18.1 Å². The van der Waals surface area contributed by atoms with Crippen LogP contribution in [-0.2, 0) is 19.1 Å². The highest BCUT2D eigenvalue weighted by Gasteiger charge is 2.31. The highest BCUT2D eigenvalue weighted by molar-refractivity contribution is 6.23. The van der Waals surface area contributed by atoms with E-state index in [0.29, 0.717) is 5.56 Å². The third-order valence-corrected chi connectivity index (χ3v) is 3.37. The molecule has 0 heterocycles. The number of amides is 1. The second-order valence-corrected chi connectivity index (χ2v) is 4.95. The quantitative estimate of drug-likeness (QED) is 0.470. The number of hydrogen-bond donors (Lipinski definition) is 3. The molecule has 1 unspecified atom stereocenters. The molecule has 1 aromatic rings. The van der Waals surface area contributed by atoms with Crippen LogP contribution in [0.2, 0.25) is 1.41 Å². The van der Waals surface area contributed by atoms with E-state index in [1.54, 1.807) is 36.1 Å². The van der Waals surface area contributed by atoms with Gasteiger partial charge in [0.05, 0.1) is 18.9 Å². The minimum absolute atomic E-state index is 0.523. The summed E-state index contributed by atoms with van der Waals surface area (Å²) in [5, 5.41) is 10.3. The number of aliphatic carboxylic acids is 1. The number of esters is 1. The molecule has 0 aliphatic heterocycles. The summed E-state index contributed by atoms with van der Waals surface area (Å²) in [6.07, 6.45) is -0.523. The van der Waals surface area contributed by atoms with E-state index in [1.807, 2.05) is 0 Å². The maximum Gasteiger partial charge on any atom is 0.330 e. The van der Waals surface area contributed by atoms with Crippen LogP contribution in [0.25, 0.3) is 0 Å². The van der Waals surface area contributed by atoms with Gasteiger partial charge in [0.2, 0.25) is 5.91 Å². The van der Waals surface area contributed by atoms with Crippen LogP contribution in [0.1, 0.15) is 17.4 Å². The zero-order valence-electron chi connectivity index (χ0n) is 12.8. The van der Waals surface area contributed by atoms with Crippen molar-refractivity contribution in [3.05, 3.63) is 35.9 Å². The van der Waals surface area contributed by atoms with Crippen LogP contribution in [0.4, 0.5) is 0 Å². The van der Waals surface area contributed by atoms with Gasteiger partial charge >= 0.3 is 11.9 Å². The molecule has 0 aliphatic carbocycles. The maximum atomic E-state index is 11.9. The first-order chi connectivity index (χ1) is 10.9. The molecule has 0 bridgehead atoms. The molecule has 0 saturated heterocycles. The first-order valence-corrected chi connectivity index (χ1v) is 6.80. The molecular weight excluding hydrogens is 312 g/mol. The van der Waals surface area contributed by atoms with Crippen molar-refractivity contribution in [1.82, 2.24) is 5.32 Å². The van der Waals surface area contributed by atoms with Gasteiger partial charge in [-0.25, -0.2) is 4.79 Å². The molecule has 0 saturated carbocycles. The summed E-state index contributed by atoms with van der Waals surface area (Å²) in [4.78, 5) is 34.6. The number of methoxy groups -OCH3 is 1. The summed E-state index contributed by atoms with van der Waals surface area (Å²) in [5.41, 5.74) is 2.35. The zero-order chi connectivity index (χ0) is 17.4. The van der Waals surface area contributed by atoms with Crippen LogP contribution in [0.5, 0.6) is 0 Å². The molecule has 7 nitrogen and oxygen atoms in total. The number of carbonyl (C=O) groups is 3. The molecule has 4 N–H and O–H groups in total. The van der Waals surface area contributed by atoms with E-state index in [0.717, 1.165) is 7.11 Å². The molecular formula is C14H17ClN2O5. The van der Waals surface area contributed by atoms with Crippen LogP contribution in [0, 0.1) is 0 Å². The van der Waals surface area contributed by atoms with Gasteiger partial charge in [0.1, 0.15) is 13.5 Å². The average Bonchev–Trinajstić information content (AvgIpc) is 2.56. The lowest BCUT2D eigenvalue weighted by Crippen LogP contribution is -2.46. The normalized spacial score (nSPS) is 15.1. The fourth-order valence-corrected chi connectivity index (χ4v) is 2.02. The van der Waals surface area contributed by atoms with Crippen molar-refractivity contribution in [3.8, 4) is 0 Å². The van der Waals surface area contributed by atoms with Gasteiger partial charge in [0.25, 0.3) is 0 Å². The molecule has 1 rings (SSSR count). The van der Waals surface area contributed by atoms with Crippen LogP contribution in [-0.4, -0.2) is 42.1 Å². The van der Waals surface area contributed by atoms with Crippen molar-refractivity contribution in [2.45, 2.75) is 23.9 Å². The summed E-state index contributed by atoms with van der Waals surface area (Å²) in [5.74, 6) is -2.85. The van der Waals surface area contributed by atoms with Gasteiger partial charge in [-0.3, -0.25) is 9.59 Å². The van der Waals surface area contributed by atoms with Gasteiger partial charge in [0, 0.05) is 0 Å². The van der Waals surface area contributed by atoms with E-state index in [1.165, 1.54) is 0 Å². The van der Waals surface area contributed by atoms with Crippen molar-refractivity contribution in [1.29, 1.82) is 0 Å². The highest BCUT2D eigenvalue weighted by atomic mass is 35.5. The Labute approximate surface area is 133 Å². The molecule has 8 heteroatoms. The molecule has 3 atom stereocenters. The van der Waals surface area contributed by atoms with E-state index in [-0.39, 0.29) is 0 Å². The van der Waals surface area contributed by atoms with Gasteiger partial charge in [-0.15, -0.1) is 11.6 Å². The number of nitrogens with two attached hydrogens (primary N) is 1. The van der Waals surface area contributed by atoms with E-state index in [9.17, 15) is 14.4 Å². The number of nitrogens with one attached hydrogen (secondary N) is 1. The molecule has 120 valence electrons. The SMILES string of the molecule is [2H]N[C@@H](CC(=O)N[C@H](C(=O)OC)C(Cl)c1ccccc1)C(=O)O. The first-order valence-electron chi connectivity index (χ1n) is 6.87. The molecule has 1 amide bonds. The Morgan fingerprint density at radius 2 is 2.05 bits per heavy atom. The van der Waals surface area contributed by atoms with Crippen LogP contribution >= 0.6 is 11.6 Å². The minimum Gasteiger partial charge on any atom is -0.480 e. The number of benzene rings is 1. The lowest BCUT2D eigenvalue weighted by atomic mass is 10.0. The molecule has 0 aromatic heterocycles. The fourth-order valence-electron chi connectivity index (χ4n) is 1.71. The first kappa shape index (κ1) is 16.3. The average molecular weight is 330 g/mol. The number of hydrogen-bond acceptors (Lipinski definition) is 5. The minimum atomic E-state index is -1.39. The standard InChI is InChI=1S/C14H17ClN2O5/c1-22-14(21)12(11(15)8-5-3-2-4-6-8)17-10(18)7-9(16)13(19)20/h2-6,9,11-12H,7,16H2,1H3,(H,17,18)(H,19,20)/t9-,11?,12-/m0/s1/i/hD. The van der Waals surface area contributed by atoms with E-state index >= 15 is 0 Å². The number of carbonyl (C=O) groups excluding carboxylic acids is 2. The smallest absolute Gasteiger partial charge is 0.330 e. The zero-order valence-corrected chi connectivity index (χ0v) is 12.5. The Morgan fingerprint density at radius 1 is 1.41 bits per heavy atom. The molecule has 0 spiro atoms. The van der Waals surface area contributed by atoms with Gasteiger partial charge in [-0.05, 0) is 5.56 Å². The molecule has 0 fully saturated rings. The molecule has 1 aromatic carbocycles. The summed E-state index contributed by atoms with van der Waals surface area (Å²) in [6.45, 7) is 0. The number of ether oxygens (including phenoxy) is 1. The third-order valence-electron chi connectivity index (χ3n) is 2.87. The van der Waals surface area contributed by atoms with Crippen molar-refractivity contribution in [2.75, 3.05) is 7.11 Å². The van der Waals surface area contributed by atoms with Crippen molar-refractivity contribution in [2.24, 2.45) is 5.73 Å². The van der Waals surface area contributed by atoms with Gasteiger partial charge in [0.15, 0.2) is 0 Å². The van der Waals surface area contributed by atoms with E-state index < -0.39 is 41.7 Å². The fraction of sp³-hybridized carbons (Fsp3) is 0.357. The number of rotatable bonds is 8. The number of carboxylic acid groups (broad SMARTS) is 1. The van der Waals surface area contributed by atoms with Gasteiger partial charge in [-0.2, -0.15) is 0 Å². The Bertz CT molecular complexity index is 557. The Kier molecular flexibility index (Phi) is 6.17. The van der Waals surface area contributed by atoms with Crippen LogP contribution < -0.4 is 11.0 Å². The summed E-state index contributed by atoms with van der Waals surface area (Å²) >= 11 is 6.24. The van der Waals surface area contributed by atoms with Crippen molar-refractivity contribution < 1.29 is 25.6 Å². The largest absolute Gasteiger partial charge is 0.480 e. The van der Waals surface area contributed by atoms with Crippen molar-refractivity contribution in [3.63, 3.8) is 0 Å². The topological polar surface area (TPSA) is 119 Å². The molecule has 22 heavy (non-hydrogen) atoms. The number of alkyl halides is 1. The molecule has 0 aliphatic rings. The highest BCUT2D eigenvalue weighted by Crippen LogP contribution is 2.25. The van der Waals surface area contributed by atoms with Gasteiger partial charge in [-0.1, -0.05) is 30.3 Å². The molecule has 0 radical (unpaired) electrons. The summed E-state index contributed by atoms with van der Waals surface area (Å²) in [6, 6.07) is 6.03. The number of carboxylic acids is 1. The lowest BCUT2D eigenvalue weighted by Gasteiger charge is -2.22.